The smallest absolute Gasteiger partial charge is 0.223 e. The molecule has 6 heteroatoms. The summed E-state index contributed by atoms with van der Waals surface area (Å²) in [4.78, 5) is 26.5. The molecule has 0 saturated carbocycles. The Morgan fingerprint density at radius 3 is 2.44 bits per heavy atom. The van der Waals surface area contributed by atoms with Crippen LogP contribution in [-0.4, -0.2) is 43.9 Å². The van der Waals surface area contributed by atoms with E-state index in [1.54, 1.807) is 4.90 Å². The lowest BCUT2D eigenvalue weighted by molar-refractivity contribution is -0.117. The van der Waals surface area contributed by atoms with Gasteiger partial charge in [0.25, 0.3) is 0 Å². The summed E-state index contributed by atoms with van der Waals surface area (Å²) >= 11 is 1.42. The summed E-state index contributed by atoms with van der Waals surface area (Å²) in [6.07, 6.45) is 0. The van der Waals surface area contributed by atoms with E-state index in [9.17, 15) is 9.59 Å². The first-order valence-electron chi connectivity index (χ1n) is 5.69. The number of nitrogens with one attached hydrogen (secondary N) is 1. The lowest BCUT2D eigenvalue weighted by atomic mass is 10.3. The number of hydrogen-bond acceptors (Lipinski definition) is 4. The van der Waals surface area contributed by atoms with E-state index < -0.39 is 0 Å². The van der Waals surface area contributed by atoms with Crippen LogP contribution in [0.4, 0.5) is 10.7 Å². The van der Waals surface area contributed by atoms with Crippen molar-refractivity contribution in [3.63, 3.8) is 0 Å². The highest BCUT2D eigenvalue weighted by atomic mass is 32.1. The maximum Gasteiger partial charge on any atom is 0.223 e. The van der Waals surface area contributed by atoms with E-state index in [2.05, 4.69) is 5.32 Å². The fourth-order valence-corrected chi connectivity index (χ4v) is 2.35. The molecule has 18 heavy (non-hydrogen) atoms. The summed E-state index contributed by atoms with van der Waals surface area (Å²) in [5.74, 6) is -0.156. The Kier molecular flexibility index (Phi) is 5.30. The second kappa shape index (κ2) is 6.51. The van der Waals surface area contributed by atoms with Gasteiger partial charge in [-0.15, -0.1) is 11.3 Å². The molecule has 0 spiro atoms. The number of hydrogen-bond donors (Lipinski definition) is 1. The van der Waals surface area contributed by atoms with Crippen LogP contribution in [0.1, 0.15) is 13.8 Å². The van der Waals surface area contributed by atoms with Crippen molar-refractivity contribution in [2.45, 2.75) is 13.8 Å². The van der Waals surface area contributed by atoms with Crippen molar-refractivity contribution < 1.29 is 9.59 Å². The first-order valence-corrected chi connectivity index (χ1v) is 6.57. The van der Waals surface area contributed by atoms with Crippen LogP contribution in [0, 0.1) is 0 Å². The molecule has 1 heterocycles. The zero-order valence-electron chi connectivity index (χ0n) is 11.2. The third-order valence-corrected chi connectivity index (χ3v) is 3.19. The first kappa shape index (κ1) is 14.7. The molecule has 1 aromatic rings. The first-order chi connectivity index (χ1) is 8.41. The number of carbonyl (C=O) groups excluding carboxylic acids is 2. The van der Waals surface area contributed by atoms with Gasteiger partial charge in [-0.3, -0.25) is 9.59 Å². The van der Waals surface area contributed by atoms with Gasteiger partial charge in [0.05, 0.1) is 5.69 Å². The zero-order chi connectivity index (χ0) is 13.7. The van der Waals surface area contributed by atoms with E-state index in [0.29, 0.717) is 6.54 Å². The number of likely N-dealkylation sites (N-methyl/N-ethyl adjacent to an activating group) is 1. The molecule has 100 valence electrons. The number of thiophene rings is 1. The standard InChI is InChI=1S/C12H19N3O2S/c1-9(16)13-12-11(5-8-18-12)15(10(2)17)7-6-14(3)4/h5,8H,6-7H2,1-4H3,(H,13,16). The molecule has 2 amide bonds. The van der Waals surface area contributed by atoms with Crippen molar-refractivity contribution in [3.8, 4) is 0 Å². The van der Waals surface area contributed by atoms with Crippen molar-refractivity contribution in [2.24, 2.45) is 0 Å². The normalized spacial score (nSPS) is 10.5. The molecule has 0 unspecified atom stereocenters. The summed E-state index contributed by atoms with van der Waals surface area (Å²) < 4.78 is 0. The predicted octanol–water partition coefficient (Wildman–Crippen LogP) is 1.62. The van der Waals surface area contributed by atoms with E-state index in [1.807, 2.05) is 30.4 Å². The highest BCUT2D eigenvalue weighted by molar-refractivity contribution is 7.15. The Balaban J connectivity index is 2.88. The third-order valence-electron chi connectivity index (χ3n) is 2.38. The average molecular weight is 269 g/mol. The van der Waals surface area contributed by atoms with Gasteiger partial charge in [-0.2, -0.15) is 0 Å². The number of nitrogens with zero attached hydrogens (tertiary/aromatic N) is 2. The molecule has 0 saturated heterocycles. The average Bonchev–Trinajstić information content (AvgIpc) is 2.64. The monoisotopic (exact) mass is 269 g/mol. The van der Waals surface area contributed by atoms with E-state index in [-0.39, 0.29) is 11.8 Å². The molecular formula is C12H19N3O2S. The van der Waals surface area contributed by atoms with Crippen LogP contribution >= 0.6 is 11.3 Å². The van der Waals surface area contributed by atoms with Gasteiger partial charge >= 0.3 is 0 Å². The van der Waals surface area contributed by atoms with E-state index >= 15 is 0 Å². The van der Waals surface area contributed by atoms with Gasteiger partial charge < -0.3 is 15.1 Å². The van der Waals surface area contributed by atoms with E-state index in [0.717, 1.165) is 17.2 Å². The minimum Gasteiger partial charge on any atom is -0.316 e. The third kappa shape index (κ3) is 4.12. The largest absolute Gasteiger partial charge is 0.316 e. The molecule has 1 N–H and O–H groups in total. The Bertz CT molecular complexity index is 429. The molecule has 0 bridgehead atoms. The lowest BCUT2D eigenvalue weighted by Crippen LogP contribution is -2.35. The molecule has 0 atom stereocenters. The molecule has 0 fully saturated rings. The van der Waals surface area contributed by atoms with Crippen LogP contribution in [0.25, 0.3) is 0 Å². The van der Waals surface area contributed by atoms with Crippen molar-refractivity contribution in [3.05, 3.63) is 11.4 Å². The van der Waals surface area contributed by atoms with Gasteiger partial charge in [0.2, 0.25) is 11.8 Å². The number of carbonyl (C=O) groups is 2. The van der Waals surface area contributed by atoms with E-state index in [1.165, 1.54) is 25.2 Å². The van der Waals surface area contributed by atoms with Crippen LogP contribution < -0.4 is 10.2 Å². The summed E-state index contributed by atoms with van der Waals surface area (Å²) in [5.41, 5.74) is 0.768. The van der Waals surface area contributed by atoms with Crippen LogP contribution in [-0.2, 0) is 9.59 Å². The Morgan fingerprint density at radius 1 is 1.28 bits per heavy atom. The van der Waals surface area contributed by atoms with Gasteiger partial charge in [0, 0.05) is 26.9 Å². The quantitative estimate of drug-likeness (QED) is 0.883. The van der Waals surface area contributed by atoms with Crippen molar-refractivity contribution in [1.29, 1.82) is 0 Å². The van der Waals surface area contributed by atoms with Crippen LogP contribution in [0.3, 0.4) is 0 Å². The van der Waals surface area contributed by atoms with Gasteiger partial charge in [-0.25, -0.2) is 0 Å². The number of rotatable bonds is 5. The number of amides is 2. The minimum absolute atomic E-state index is 0.0261. The maximum atomic E-state index is 11.7. The Hall–Kier alpha value is -1.40. The minimum atomic E-state index is -0.130. The molecule has 1 aromatic heterocycles. The van der Waals surface area contributed by atoms with Gasteiger partial charge in [-0.1, -0.05) is 0 Å². The molecule has 1 rings (SSSR count). The Morgan fingerprint density at radius 2 is 1.94 bits per heavy atom. The zero-order valence-corrected chi connectivity index (χ0v) is 12.0. The highest BCUT2D eigenvalue weighted by Gasteiger charge is 2.17. The van der Waals surface area contributed by atoms with Crippen molar-refractivity contribution >= 4 is 33.8 Å². The second-order valence-electron chi connectivity index (χ2n) is 4.29. The molecule has 0 aliphatic heterocycles. The summed E-state index contributed by atoms with van der Waals surface area (Å²) in [7, 11) is 3.92. The van der Waals surface area contributed by atoms with Crippen LogP contribution in [0.2, 0.25) is 0 Å². The fourth-order valence-electron chi connectivity index (χ4n) is 1.52. The van der Waals surface area contributed by atoms with E-state index in [4.69, 9.17) is 0 Å². The lowest BCUT2D eigenvalue weighted by Gasteiger charge is -2.23. The predicted molar refractivity (Wildman–Crippen MR) is 75.2 cm³/mol. The summed E-state index contributed by atoms with van der Waals surface area (Å²) in [6.45, 7) is 4.37. The molecule has 0 aromatic carbocycles. The second-order valence-corrected chi connectivity index (χ2v) is 5.21. The molecule has 0 aliphatic carbocycles. The van der Waals surface area contributed by atoms with Gasteiger partial charge in [-0.05, 0) is 25.5 Å². The summed E-state index contributed by atoms with van der Waals surface area (Å²) in [6, 6.07) is 1.85. The maximum absolute atomic E-state index is 11.7. The van der Waals surface area contributed by atoms with Gasteiger partial charge in [0.15, 0.2) is 0 Å². The molecular weight excluding hydrogens is 250 g/mol. The fraction of sp³-hybridized carbons (Fsp3) is 0.500. The van der Waals surface area contributed by atoms with Gasteiger partial charge in [0.1, 0.15) is 5.00 Å². The van der Waals surface area contributed by atoms with Crippen LogP contribution in [0.15, 0.2) is 11.4 Å². The van der Waals surface area contributed by atoms with Crippen molar-refractivity contribution in [1.82, 2.24) is 4.90 Å². The Labute approximate surface area is 111 Å². The van der Waals surface area contributed by atoms with Crippen molar-refractivity contribution in [2.75, 3.05) is 37.4 Å². The topological polar surface area (TPSA) is 52.7 Å². The SMILES string of the molecule is CC(=O)Nc1sccc1N(CCN(C)C)C(C)=O. The molecule has 5 nitrogen and oxygen atoms in total. The molecule has 0 radical (unpaired) electrons. The molecule has 0 aliphatic rings. The highest BCUT2D eigenvalue weighted by Crippen LogP contribution is 2.32. The van der Waals surface area contributed by atoms with Crippen LogP contribution in [0.5, 0.6) is 0 Å². The number of anilines is 2. The summed E-state index contributed by atoms with van der Waals surface area (Å²) in [5, 5.41) is 5.33.